The third-order valence-electron chi connectivity index (χ3n) is 4.09. The van der Waals surface area contributed by atoms with E-state index >= 15 is 0 Å². The smallest absolute Gasteiger partial charge is 0.140 e. The van der Waals surface area contributed by atoms with Gasteiger partial charge in [-0.25, -0.2) is 4.98 Å². The first-order chi connectivity index (χ1) is 10.8. The third-order valence-corrected chi connectivity index (χ3v) is 4.85. The molecule has 4 heterocycles. The van der Waals surface area contributed by atoms with Crippen LogP contribution in [0.3, 0.4) is 0 Å². The zero-order valence-corrected chi connectivity index (χ0v) is 13.4. The molecule has 5 heteroatoms. The van der Waals surface area contributed by atoms with E-state index in [0.29, 0.717) is 0 Å². The van der Waals surface area contributed by atoms with Gasteiger partial charge in [-0.3, -0.25) is 4.98 Å². The van der Waals surface area contributed by atoms with Gasteiger partial charge in [0, 0.05) is 23.8 Å². The highest BCUT2D eigenvalue weighted by atomic mass is 32.1. The number of hydrogen-bond acceptors (Lipinski definition) is 4. The van der Waals surface area contributed by atoms with Crippen LogP contribution in [0.25, 0.3) is 11.4 Å². The van der Waals surface area contributed by atoms with Gasteiger partial charge in [-0.05, 0) is 43.5 Å². The Balaban J connectivity index is 1.65. The van der Waals surface area contributed by atoms with Crippen LogP contribution in [0.5, 0.6) is 0 Å². The first kappa shape index (κ1) is 13.5. The quantitative estimate of drug-likeness (QED) is 0.783. The molecule has 1 aliphatic heterocycles. The summed E-state index contributed by atoms with van der Waals surface area (Å²) in [5.41, 5.74) is 4.83. The van der Waals surface area contributed by atoms with Gasteiger partial charge >= 0.3 is 0 Å². The first-order valence-corrected chi connectivity index (χ1v) is 8.47. The molecule has 4 rings (SSSR count). The number of fused-ring (bicyclic) bond motifs is 1. The Morgan fingerprint density at radius 2 is 2.27 bits per heavy atom. The largest absolute Gasteiger partial charge is 0.355 e. The van der Waals surface area contributed by atoms with Gasteiger partial charge in [0.25, 0.3) is 0 Å². The number of nitrogens with zero attached hydrogens (tertiary/aromatic N) is 3. The number of aryl methyl sites for hydroxylation is 2. The summed E-state index contributed by atoms with van der Waals surface area (Å²) in [6.07, 6.45) is 4.10. The van der Waals surface area contributed by atoms with Crippen molar-refractivity contribution in [1.82, 2.24) is 15.0 Å². The van der Waals surface area contributed by atoms with Crippen LogP contribution in [-0.2, 0) is 13.0 Å². The summed E-state index contributed by atoms with van der Waals surface area (Å²) in [4.78, 5) is 15.0. The van der Waals surface area contributed by atoms with E-state index < -0.39 is 0 Å². The molecule has 3 aromatic rings. The fourth-order valence-corrected chi connectivity index (χ4v) is 3.61. The maximum Gasteiger partial charge on any atom is 0.140 e. The number of nitrogens with one attached hydrogen (secondary N) is 1. The summed E-state index contributed by atoms with van der Waals surface area (Å²) in [6, 6.07) is 8.28. The highest BCUT2D eigenvalue weighted by Gasteiger charge is 2.19. The summed E-state index contributed by atoms with van der Waals surface area (Å²) in [5.74, 6) is 1.10. The Morgan fingerprint density at radius 1 is 1.32 bits per heavy atom. The van der Waals surface area contributed by atoms with Crippen molar-refractivity contribution in [2.24, 2.45) is 0 Å². The van der Waals surface area contributed by atoms with Gasteiger partial charge in [-0.15, -0.1) is 11.3 Å². The minimum atomic E-state index is 0.894. The lowest BCUT2D eigenvalue weighted by Gasteiger charge is -2.19. The molecule has 4 nitrogen and oxygen atoms in total. The molecule has 0 amide bonds. The number of anilines is 1. The topological polar surface area (TPSA) is 44.8 Å². The second-order valence-corrected chi connectivity index (χ2v) is 6.71. The molecular formula is C17H18N4S. The first-order valence-electron chi connectivity index (χ1n) is 7.59. The molecule has 0 aliphatic carbocycles. The van der Waals surface area contributed by atoms with Crippen LogP contribution in [-0.4, -0.2) is 21.5 Å². The maximum atomic E-state index is 4.63. The molecule has 0 fully saturated rings. The molecule has 0 spiro atoms. The summed E-state index contributed by atoms with van der Waals surface area (Å²) in [5, 5.41) is 3.28. The molecule has 0 bridgehead atoms. The highest BCUT2D eigenvalue weighted by molar-refractivity contribution is 7.09. The van der Waals surface area contributed by atoms with Crippen molar-refractivity contribution in [3.05, 3.63) is 52.1 Å². The number of hydrogen-bond donors (Lipinski definition) is 1. The predicted octanol–water partition coefficient (Wildman–Crippen LogP) is 3.79. The van der Waals surface area contributed by atoms with Crippen molar-refractivity contribution in [2.75, 3.05) is 11.4 Å². The molecule has 0 saturated carbocycles. The average molecular weight is 310 g/mol. The lowest BCUT2D eigenvalue weighted by molar-refractivity contribution is 0.750. The van der Waals surface area contributed by atoms with E-state index in [1.807, 2.05) is 24.4 Å². The van der Waals surface area contributed by atoms with Gasteiger partial charge in [0.2, 0.25) is 0 Å². The van der Waals surface area contributed by atoms with Gasteiger partial charge in [-0.1, -0.05) is 6.07 Å². The minimum absolute atomic E-state index is 0.894. The van der Waals surface area contributed by atoms with Gasteiger partial charge in [0.05, 0.1) is 22.9 Å². The second kappa shape index (κ2) is 5.57. The van der Waals surface area contributed by atoms with Crippen LogP contribution in [0.4, 0.5) is 5.82 Å². The van der Waals surface area contributed by atoms with Gasteiger partial charge < -0.3 is 9.88 Å². The fraction of sp³-hybridized carbons (Fsp3) is 0.294. The Kier molecular flexibility index (Phi) is 3.42. The Bertz CT molecular complexity index is 775. The third kappa shape index (κ3) is 2.52. The molecule has 112 valence electrons. The number of rotatable bonds is 2. The summed E-state index contributed by atoms with van der Waals surface area (Å²) in [7, 11) is 0. The summed E-state index contributed by atoms with van der Waals surface area (Å²) < 4.78 is 0. The SMILES string of the molecule is Cc1nc(N2CCCc3cc(-c4ccccn4)[nH]c3C2)cs1. The number of aromatic amines is 1. The normalized spacial score (nSPS) is 14.7. The van der Waals surface area contributed by atoms with E-state index in [9.17, 15) is 0 Å². The van der Waals surface area contributed by atoms with E-state index in [1.54, 1.807) is 11.3 Å². The van der Waals surface area contributed by atoms with E-state index in [0.717, 1.165) is 48.1 Å². The average Bonchev–Trinajstić information content (AvgIpc) is 3.09. The Morgan fingerprint density at radius 3 is 3.05 bits per heavy atom. The lowest BCUT2D eigenvalue weighted by atomic mass is 10.1. The zero-order valence-electron chi connectivity index (χ0n) is 12.5. The van der Waals surface area contributed by atoms with E-state index in [1.165, 1.54) is 11.3 Å². The number of pyridine rings is 1. The van der Waals surface area contributed by atoms with E-state index in [-0.39, 0.29) is 0 Å². The van der Waals surface area contributed by atoms with Crippen molar-refractivity contribution < 1.29 is 0 Å². The monoisotopic (exact) mass is 310 g/mol. The van der Waals surface area contributed by atoms with Crippen molar-refractivity contribution in [3.63, 3.8) is 0 Å². The summed E-state index contributed by atoms with van der Waals surface area (Å²) in [6.45, 7) is 4.02. The Labute approximate surface area is 133 Å². The van der Waals surface area contributed by atoms with Gasteiger partial charge in [0.1, 0.15) is 5.82 Å². The zero-order chi connectivity index (χ0) is 14.9. The standard InChI is InChI=1S/C17H18N4S/c1-12-19-17(11-22-12)21-8-4-5-13-9-15(20-16(13)10-21)14-6-2-3-7-18-14/h2-3,6-7,9,11,20H,4-5,8,10H2,1H3. The summed E-state index contributed by atoms with van der Waals surface area (Å²) >= 11 is 1.72. The molecule has 0 saturated heterocycles. The van der Waals surface area contributed by atoms with Crippen molar-refractivity contribution in [2.45, 2.75) is 26.3 Å². The Hall–Kier alpha value is -2.14. The molecule has 3 aromatic heterocycles. The molecular weight excluding hydrogens is 292 g/mol. The van der Waals surface area contributed by atoms with Crippen molar-refractivity contribution in [1.29, 1.82) is 0 Å². The van der Waals surface area contributed by atoms with Crippen LogP contribution >= 0.6 is 11.3 Å². The van der Waals surface area contributed by atoms with Crippen molar-refractivity contribution >= 4 is 17.2 Å². The van der Waals surface area contributed by atoms with Crippen LogP contribution in [0.1, 0.15) is 22.7 Å². The molecule has 0 radical (unpaired) electrons. The predicted molar refractivity (Wildman–Crippen MR) is 90.2 cm³/mol. The molecule has 0 atom stereocenters. The van der Waals surface area contributed by atoms with Crippen molar-refractivity contribution in [3.8, 4) is 11.4 Å². The number of aromatic nitrogens is 3. The number of H-pyrrole nitrogens is 1. The second-order valence-electron chi connectivity index (χ2n) is 5.65. The lowest BCUT2D eigenvalue weighted by Crippen LogP contribution is -2.23. The molecule has 22 heavy (non-hydrogen) atoms. The van der Waals surface area contributed by atoms with E-state index in [4.69, 9.17) is 0 Å². The van der Waals surface area contributed by atoms with Gasteiger partial charge in [0.15, 0.2) is 0 Å². The highest BCUT2D eigenvalue weighted by Crippen LogP contribution is 2.27. The van der Waals surface area contributed by atoms with Crippen LogP contribution in [0.2, 0.25) is 0 Å². The molecule has 1 N–H and O–H groups in total. The van der Waals surface area contributed by atoms with E-state index in [2.05, 4.69) is 38.2 Å². The minimum Gasteiger partial charge on any atom is -0.355 e. The molecule has 0 aromatic carbocycles. The molecule has 0 unspecified atom stereocenters. The maximum absolute atomic E-state index is 4.63. The van der Waals surface area contributed by atoms with Crippen LogP contribution in [0, 0.1) is 6.92 Å². The van der Waals surface area contributed by atoms with Crippen LogP contribution < -0.4 is 4.90 Å². The van der Waals surface area contributed by atoms with Gasteiger partial charge in [-0.2, -0.15) is 0 Å². The number of thiazole rings is 1. The van der Waals surface area contributed by atoms with Crippen LogP contribution in [0.15, 0.2) is 35.8 Å². The fourth-order valence-electron chi connectivity index (χ4n) is 2.99. The molecule has 1 aliphatic rings.